The van der Waals surface area contributed by atoms with Gasteiger partial charge in [0.1, 0.15) is 0 Å². The number of thioether (sulfide) groups is 1. The van der Waals surface area contributed by atoms with Gasteiger partial charge in [-0.1, -0.05) is 17.3 Å². The molecule has 9 heteroatoms. The molecule has 1 aromatic heterocycles. The molecule has 3 heterocycles. The zero-order chi connectivity index (χ0) is 22.5. The zero-order valence-corrected chi connectivity index (χ0v) is 19.6. The van der Waals surface area contributed by atoms with Gasteiger partial charge in [-0.15, -0.1) is 11.8 Å². The first-order valence-electron chi connectivity index (χ1n) is 11.3. The third kappa shape index (κ3) is 5.50. The number of aryl methyl sites for hydroxylation is 1. The number of benzene rings is 1. The fourth-order valence-corrected chi connectivity index (χ4v) is 5.23. The van der Waals surface area contributed by atoms with E-state index < -0.39 is 0 Å². The summed E-state index contributed by atoms with van der Waals surface area (Å²) in [7, 11) is 0. The van der Waals surface area contributed by atoms with Crippen LogP contribution >= 0.6 is 11.8 Å². The largest absolute Gasteiger partial charge is 0.340 e. The van der Waals surface area contributed by atoms with Crippen molar-refractivity contribution in [3.05, 3.63) is 41.5 Å². The topological polar surface area (TPSA) is 82.8 Å². The van der Waals surface area contributed by atoms with Gasteiger partial charge in [-0.3, -0.25) is 14.5 Å². The Balaban J connectivity index is 1.31. The second-order valence-corrected chi connectivity index (χ2v) is 9.53. The Morgan fingerprint density at radius 3 is 2.62 bits per heavy atom. The Bertz CT molecular complexity index is 941. The Kier molecular flexibility index (Phi) is 7.47. The molecular weight excluding hydrogens is 426 g/mol. The van der Waals surface area contributed by atoms with E-state index in [1.54, 1.807) is 6.92 Å². The molecule has 2 aliphatic heterocycles. The molecule has 0 bridgehead atoms. The van der Waals surface area contributed by atoms with Crippen LogP contribution in [0.3, 0.4) is 0 Å². The molecular formula is C23H31N5O3S. The lowest BCUT2D eigenvalue weighted by Crippen LogP contribution is -2.53. The van der Waals surface area contributed by atoms with Crippen molar-refractivity contribution >= 4 is 23.6 Å². The normalized spacial score (nSPS) is 19.9. The van der Waals surface area contributed by atoms with Gasteiger partial charge in [-0.25, -0.2) is 0 Å². The average molecular weight is 458 g/mol. The van der Waals surface area contributed by atoms with E-state index in [1.165, 1.54) is 18.2 Å². The predicted molar refractivity (Wildman–Crippen MR) is 122 cm³/mol. The molecule has 0 radical (unpaired) electrons. The van der Waals surface area contributed by atoms with Crippen molar-refractivity contribution in [3.8, 4) is 0 Å². The standard InChI is InChI=1S/C23H31N5O3S/c1-17-7-5-6-10-28(17)22(29)15-26-11-13-27(14-12-26)23(30)19-8-3-4-9-20(19)32-16-21-24-18(2)31-25-21/h3-4,8-9,17H,5-7,10-16H2,1-2H3. The quantitative estimate of drug-likeness (QED) is 0.617. The number of carbonyl (C=O) groups is 2. The number of carbonyl (C=O) groups excluding carboxylic acids is 2. The first-order chi connectivity index (χ1) is 15.5. The predicted octanol–water partition coefficient (Wildman–Crippen LogP) is 2.83. The number of likely N-dealkylation sites (tertiary alicyclic amines) is 1. The van der Waals surface area contributed by atoms with Crippen molar-refractivity contribution in [2.75, 3.05) is 39.3 Å². The molecule has 0 aliphatic carbocycles. The van der Waals surface area contributed by atoms with Crippen LogP contribution in [0.4, 0.5) is 0 Å². The summed E-state index contributed by atoms with van der Waals surface area (Å²) in [5, 5.41) is 3.93. The van der Waals surface area contributed by atoms with Crippen molar-refractivity contribution in [3.63, 3.8) is 0 Å². The van der Waals surface area contributed by atoms with E-state index in [0.29, 0.717) is 48.7 Å². The molecule has 0 saturated carbocycles. The van der Waals surface area contributed by atoms with Crippen LogP contribution in [0.1, 0.15) is 48.3 Å². The number of hydrogen-bond acceptors (Lipinski definition) is 7. The summed E-state index contributed by atoms with van der Waals surface area (Å²) >= 11 is 1.54. The molecule has 2 aliphatic rings. The second kappa shape index (κ2) is 10.5. The van der Waals surface area contributed by atoms with Gasteiger partial charge in [0, 0.05) is 50.6 Å². The Morgan fingerprint density at radius 2 is 1.91 bits per heavy atom. The molecule has 0 N–H and O–H groups in total. The Labute approximate surface area is 193 Å². The van der Waals surface area contributed by atoms with Crippen LogP contribution in [0.2, 0.25) is 0 Å². The van der Waals surface area contributed by atoms with Crippen LogP contribution in [0.15, 0.2) is 33.7 Å². The highest BCUT2D eigenvalue weighted by molar-refractivity contribution is 7.98. The highest BCUT2D eigenvalue weighted by Gasteiger charge is 2.28. The molecule has 2 saturated heterocycles. The molecule has 1 unspecified atom stereocenters. The van der Waals surface area contributed by atoms with Crippen LogP contribution in [0.5, 0.6) is 0 Å². The summed E-state index contributed by atoms with van der Waals surface area (Å²) in [5.74, 6) is 1.96. The van der Waals surface area contributed by atoms with Gasteiger partial charge >= 0.3 is 0 Å². The van der Waals surface area contributed by atoms with Gasteiger partial charge in [0.25, 0.3) is 5.91 Å². The summed E-state index contributed by atoms with van der Waals surface area (Å²) in [6.45, 7) is 7.92. The van der Waals surface area contributed by atoms with Gasteiger partial charge < -0.3 is 14.3 Å². The zero-order valence-electron chi connectivity index (χ0n) is 18.8. The second-order valence-electron chi connectivity index (χ2n) is 8.51. The van der Waals surface area contributed by atoms with Crippen LogP contribution < -0.4 is 0 Å². The molecule has 0 spiro atoms. The van der Waals surface area contributed by atoms with Crippen LogP contribution in [-0.4, -0.2) is 82.0 Å². The molecule has 2 fully saturated rings. The lowest BCUT2D eigenvalue weighted by atomic mass is 10.0. The number of aromatic nitrogens is 2. The van der Waals surface area contributed by atoms with E-state index in [2.05, 4.69) is 22.0 Å². The fourth-order valence-electron chi connectivity index (χ4n) is 4.34. The van der Waals surface area contributed by atoms with Crippen LogP contribution in [-0.2, 0) is 10.5 Å². The minimum Gasteiger partial charge on any atom is -0.340 e. The first kappa shape index (κ1) is 22.8. The summed E-state index contributed by atoms with van der Waals surface area (Å²) in [4.78, 5) is 37.2. The average Bonchev–Trinajstić information content (AvgIpc) is 3.23. The van der Waals surface area contributed by atoms with E-state index in [9.17, 15) is 9.59 Å². The van der Waals surface area contributed by atoms with Gasteiger partial charge in [0.15, 0.2) is 5.82 Å². The van der Waals surface area contributed by atoms with Crippen molar-refractivity contribution in [1.82, 2.24) is 24.8 Å². The SMILES string of the molecule is Cc1nc(CSc2ccccc2C(=O)N2CCN(CC(=O)N3CCCCC3C)CC2)no1. The number of nitrogens with zero attached hydrogens (tertiary/aromatic N) is 5. The van der Waals surface area contributed by atoms with Gasteiger partial charge in [-0.2, -0.15) is 4.98 Å². The molecule has 1 atom stereocenters. The van der Waals surface area contributed by atoms with Gasteiger partial charge in [-0.05, 0) is 38.3 Å². The summed E-state index contributed by atoms with van der Waals surface area (Å²) in [6, 6.07) is 8.00. The van der Waals surface area contributed by atoms with Gasteiger partial charge in [0.2, 0.25) is 11.8 Å². The summed E-state index contributed by atoms with van der Waals surface area (Å²) < 4.78 is 5.03. The molecule has 4 rings (SSSR count). The Morgan fingerprint density at radius 1 is 1.12 bits per heavy atom. The fraction of sp³-hybridized carbons (Fsp3) is 0.565. The highest BCUT2D eigenvalue weighted by Crippen LogP contribution is 2.27. The minimum atomic E-state index is 0.0352. The van der Waals surface area contributed by atoms with E-state index in [1.807, 2.05) is 34.1 Å². The lowest BCUT2D eigenvalue weighted by Gasteiger charge is -2.38. The maximum atomic E-state index is 13.2. The molecule has 32 heavy (non-hydrogen) atoms. The number of piperazine rings is 1. The summed E-state index contributed by atoms with van der Waals surface area (Å²) in [5.41, 5.74) is 0.699. The summed E-state index contributed by atoms with van der Waals surface area (Å²) in [6.07, 6.45) is 3.40. The molecule has 1 aromatic carbocycles. The molecule has 172 valence electrons. The number of hydrogen-bond donors (Lipinski definition) is 0. The van der Waals surface area contributed by atoms with Crippen molar-refractivity contribution < 1.29 is 14.1 Å². The van der Waals surface area contributed by atoms with E-state index in [-0.39, 0.29) is 11.8 Å². The van der Waals surface area contributed by atoms with Crippen molar-refractivity contribution in [2.24, 2.45) is 0 Å². The number of rotatable bonds is 6. The number of amides is 2. The molecule has 2 aromatic rings. The smallest absolute Gasteiger partial charge is 0.255 e. The van der Waals surface area contributed by atoms with E-state index in [0.717, 1.165) is 37.4 Å². The molecule has 8 nitrogen and oxygen atoms in total. The number of piperidine rings is 1. The Hall–Kier alpha value is -2.39. The van der Waals surface area contributed by atoms with Crippen molar-refractivity contribution in [2.45, 2.75) is 49.8 Å². The first-order valence-corrected chi connectivity index (χ1v) is 12.3. The van der Waals surface area contributed by atoms with Crippen LogP contribution in [0, 0.1) is 6.92 Å². The maximum Gasteiger partial charge on any atom is 0.255 e. The molecule has 2 amide bonds. The minimum absolute atomic E-state index is 0.0352. The van der Waals surface area contributed by atoms with Crippen LogP contribution in [0.25, 0.3) is 0 Å². The lowest BCUT2D eigenvalue weighted by molar-refractivity contribution is -0.136. The van der Waals surface area contributed by atoms with E-state index in [4.69, 9.17) is 4.52 Å². The third-order valence-corrected chi connectivity index (χ3v) is 7.26. The van der Waals surface area contributed by atoms with Gasteiger partial charge in [0.05, 0.1) is 17.9 Å². The van der Waals surface area contributed by atoms with Crippen molar-refractivity contribution in [1.29, 1.82) is 0 Å². The third-order valence-electron chi connectivity index (χ3n) is 6.19. The maximum absolute atomic E-state index is 13.2. The van der Waals surface area contributed by atoms with E-state index >= 15 is 0 Å². The highest BCUT2D eigenvalue weighted by atomic mass is 32.2. The monoisotopic (exact) mass is 457 g/mol.